The first-order chi connectivity index (χ1) is 14.6. The van der Waals surface area contributed by atoms with Crippen molar-refractivity contribution < 1.29 is 23.5 Å². The van der Waals surface area contributed by atoms with Crippen LogP contribution in [0, 0.1) is 5.41 Å². The van der Waals surface area contributed by atoms with Crippen molar-refractivity contribution in [3.05, 3.63) is 34.4 Å². The smallest absolute Gasteiger partial charge is 0.419 e. The van der Waals surface area contributed by atoms with Crippen molar-refractivity contribution in [3.63, 3.8) is 0 Å². The Balaban J connectivity index is 1.70. The first-order valence-corrected chi connectivity index (χ1v) is 11.6. The van der Waals surface area contributed by atoms with Crippen molar-refractivity contribution in [3.8, 4) is 0 Å². The van der Waals surface area contributed by atoms with Crippen LogP contribution < -0.4 is 0 Å². The summed E-state index contributed by atoms with van der Waals surface area (Å²) in [6.45, 7) is 11.2. The summed E-state index contributed by atoms with van der Waals surface area (Å²) in [5, 5.41) is 0.842. The summed E-state index contributed by atoms with van der Waals surface area (Å²) in [6, 6.07) is 7.49. The highest BCUT2D eigenvalue weighted by Crippen LogP contribution is 2.81. The van der Waals surface area contributed by atoms with Crippen molar-refractivity contribution in [2.24, 2.45) is 5.41 Å². The molecule has 0 unspecified atom stereocenters. The summed E-state index contributed by atoms with van der Waals surface area (Å²) >= 11 is 3.46. The van der Waals surface area contributed by atoms with Gasteiger partial charge in [-0.15, -0.1) is 0 Å². The van der Waals surface area contributed by atoms with Crippen LogP contribution in [0.4, 0.5) is 14.0 Å². The first-order valence-electron chi connectivity index (χ1n) is 10.8. The maximum atomic E-state index is 14.4. The van der Waals surface area contributed by atoms with Gasteiger partial charge in [-0.25, -0.2) is 18.5 Å². The second-order valence-electron chi connectivity index (χ2n) is 11.1. The molecule has 0 N–H and O–H groups in total. The predicted octanol–water partition coefficient (Wildman–Crippen LogP) is 6.43. The van der Waals surface area contributed by atoms with Crippen LogP contribution in [0.15, 0.2) is 28.7 Å². The molecule has 1 heterocycles. The second kappa shape index (κ2) is 7.20. The molecule has 2 aromatic rings. The van der Waals surface area contributed by atoms with E-state index in [1.807, 2.05) is 24.3 Å². The normalized spacial score (nSPS) is 24.1. The summed E-state index contributed by atoms with van der Waals surface area (Å²) < 4.78 is 27.9. The minimum absolute atomic E-state index is 0.109. The number of benzene rings is 1. The van der Waals surface area contributed by atoms with Gasteiger partial charge in [-0.2, -0.15) is 0 Å². The molecule has 8 heteroatoms. The molecule has 0 radical (unpaired) electrons. The molecule has 4 rings (SSSR count). The Morgan fingerprint density at radius 2 is 1.69 bits per heavy atom. The largest absolute Gasteiger partial charge is 0.444 e. The van der Waals surface area contributed by atoms with E-state index in [4.69, 9.17) is 9.47 Å². The zero-order chi connectivity index (χ0) is 23.7. The van der Waals surface area contributed by atoms with Gasteiger partial charge >= 0.3 is 12.2 Å². The van der Waals surface area contributed by atoms with Crippen LogP contribution >= 0.6 is 15.9 Å². The average molecular weight is 509 g/mol. The quantitative estimate of drug-likeness (QED) is 0.477. The molecule has 0 atom stereocenters. The maximum absolute atomic E-state index is 14.4. The van der Waals surface area contributed by atoms with E-state index in [2.05, 4.69) is 15.9 Å². The summed E-state index contributed by atoms with van der Waals surface area (Å²) in [5.41, 5.74) is -1.72. The number of alkyl halides is 1. The highest BCUT2D eigenvalue weighted by Gasteiger charge is 2.85. The standard InChI is InChI=1S/C24H30BrFN2O4/c1-21(2,3)31-19(29)27(14-23-12-24(23,26)13-23)11-17-9-15-7-8-16(25)10-18(15)28(17)20(30)32-22(4,5)6/h7-10H,11-14H2,1-6H3. The van der Waals surface area contributed by atoms with E-state index < -0.39 is 34.5 Å². The van der Waals surface area contributed by atoms with Crippen LogP contribution in [-0.2, 0) is 16.0 Å². The third kappa shape index (κ3) is 4.51. The number of carbonyl (C=O) groups excluding carboxylic acids is 2. The summed E-state index contributed by atoms with van der Waals surface area (Å²) in [6.07, 6.45) is -0.0986. The lowest BCUT2D eigenvalue weighted by Gasteiger charge is -2.28. The number of hydrogen-bond donors (Lipinski definition) is 0. The van der Waals surface area contributed by atoms with E-state index >= 15 is 0 Å². The molecule has 0 spiro atoms. The number of hydrogen-bond acceptors (Lipinski definition) is 4. The number of carbonyl (C=O) groups is 2. The topological polar surface area (TPSA) is 60.8 Å². The van der Waals surface area contributed by atoms with Gasteiger partial charge in [-0.05, 0) is 72.6 Å². The van der Waals surface area contributed by atoms with Crippen molar-refractivity contribution in [2.45, 2.75) is 77.8 Å². The molecule has 2 saturated carbocycles. The number of halogens is 2. The van der Waals surface area contributed by atoms with E-state index in [1.54, 1.807) is 41.5 Å². The van der Waals surface area contributed by atoms with E-state index in [9.17, 15) is 14.0 Å². The van der Waals surface area contributed by atoms with Gasteiger partial charge in [-0.3, -0.25) is 0 Å². The molecule has 1 aromatic heterocycles. The Morgan fingerprint density at radius 3 is 2.22 bits per heavy atom. The monoisotopic (exact) mass is 508 g/mol. The fraction of sp³-hybridized carbons (Fsp3) is 0.583. The van der Waals surface area contributed by atoms with Crippen molar-refractivity contribution in [1.82, 2.24) is 9.47 Å². The van der Waals surface area contributed by atoms with Gasteiger partial charge in [0.1, 0.15) is 16.9 Å². The minimum atomic E-state index is -1.14. The minimum Gasteiger partial charge on any atom is -0.444 e. The van der Waals surface area contributed by atoms with E-state index in [1.165, 1.54) is 9.47 Å². The van der Waals surface area contributed by atoms with Gasteiger partial charge in [0, 0.05) is 27.5 Å². The Morgan fingerprint density at radius 1 is 1.09 bits per heavy atom. The summed E-state index contributed by atoms with van der Waals surface area (Å²) in [4.78, 5) is 27.7. The molecule has 1 aromatic carbocycles. The van der Waals surface area contributed by atoms with Gasteiger partial charge in [0.25, 0.3) is 0 Å². The number of fused-ring (bicyclic) bond motifs is 2. The van der Waals surface area contributed by atoms with Crippen molar-refractivity contribution in [2.75, 3.05) is 6.54 Å². The van der Waals surface area contributed by atoms with Gasteiger partial charge in [-0.1, -0.05) is 22.0 Å². The molecule has 0 saturated heterocycles. The molecule has 174 valence electrons. The van der Waals surface area contributed by atoms with Crippen LogP contribution in [-0.4, -0.2) is 45.1 Å². The molecule has 0 aliphatic heterocycles. The molecule has 6 nitrogen and oxygen atoms in total. The molecule has 2 fully saturated rings. The van der Waals surface area contributed by atoms with E-state index in [0.717, 1.165) is 9.86 Å². The zero-order valence-electron chi connectivity index (χ0n) is 19.4. The third-order valence-electron chi connectivity index (χ3n) is 5.85. The lowest BCUT2D eigenvalue weighted by Crippen LogP contribution is -2.39. The number of nitrogens with zero attached hydrogens (tertiary/aromatic N) is 2. The van der Waals surface area contributed by atoms with E-state index in [0.29, 0.717) is 24.1 Å². The molecule has 0 bridgehead atoms. The molecule has 32 heavy (non-hydrogen) atoms. The fourth-order valence-electron chi connectivity index (χ4n) is 4.13. The third-order valence-corrected chi connectivity index (χ3v) is 6.35. The van der Waals surface area contributed by atoms with Crippen molar-refractivity contribution in [1.29, 1.82) is 0 Å². The number of rotatable bonds is 4. The molecular weight excluding hydrogens is 479 g/mol. The number of aromatic nitrogens is 1. The Kier molecular flexibility index (Phi) is 5.20. The highest BCUT2D eigenvalue weighted by atomic mass is 79.9. The van der Waals surface area contributed by atoms with E-state index in [-0.39, 0.29) is 13.1 Å². The molecule has 1 amide bonds. The van der Waals surface area contributed by atoms with Crippen molar-refractivity contribution >= 4 is 39.0 Å². The van der Waals surface area contributed by atoms with Gasteiger partial charge in [0.15, 0.2) is 0 Å². The van der Waals surface area contributed by atoms with Crippen LogP contribution in [0.5, 0.6) is 0 Å². The van der Waals surface area contributed by atoms with Gasteiger partial charge < -0.3 is 14.4 Å². The average Bonchev–Trinajstić information content (AvgIpc) is 3.27. The summed E-state index contributed by atoms with van der Waals surface area (Å²) in [7, 11) is 0. The number of amides is 1. The highest BCUT2D eigenvalue weighted by molar-refractivity contribution is 9.10. The first kappa shape index (κ1) is 23.1. The maximum Gasteiger partial charge on any atom is 0.419 e. The molecule has 2 aliphatic rings. The van der Waals surface area contributed by atoms with Crippen LogP contribution in [0.25, 0.3) is 10.9 Å². The predicted molar refractivity (Wildman–Crippen MR) is 123 cm³/mol. The number of ether oxygens (including phenoxy) is 2. The zero-order valence-corrected chi connectivity index (χ0v) is 21.0. The second-order valence-corrected chi connectivity index (χ2v) is 12.0. The lowest BCUT2D eigenvalue weighted by molar-refractivity contribution is 0.0199. The molecule has 2 aliphatic carbocycles. The Labute approximate surface area is 196 Å². The molecular formula is C24H30BrFN2O4. The van der Waals surface area contributed by atoms with Gasteiger partial charge in [0.05, 0.1) is 12.1 Å². The Hall–Kier alpha value is -2.09. The summed E-state index contributed by atoms with van der Waals surface area (Å²) in [5.74, 6) is 0. The van der Waals surface area contributed by atoms with Gasteiger partial charge in [0.2, 0.25) is 0 Å². The fourth-order valence-corrected chi connectivity index (χ4v) is 4.48. The lowest BCUT2D eigenvalue weighted by atomic mass is 10.2. The Bertz CT molecular complexity index is 1090. The van der Waals surface area contributed by atoms with Crippen LogP contribution in [0.1, 0.15) is 60.1 Å². The van der Waals surface area contributed by atoms with Crippen LogP contribution in [0.2, 0.25) is 0 Å². The SMILES string of the molecule is CC(C)(C)OC(=O)N(Cc1cc2ccc(Br)cc2n1C(=O)OC(C)(C)C)CC12CC1(F)C2. The van der Waals surface area contributed by atoms with Crippen LogP contribution in [0.3, 0.4) is 0 Å².